The van der Waals surface area contributed by atoms with Crippen LogP contribution in [0.1, 0.15) is 18.1 Å². The van der Waals surface area contributed by atoms with Gasteiger partial charge in [-0.15, -0.1) is 0 Å². The number of nitrogens with zero attached hydrogens (tertiary/aromatic N) is 2. The highest BCUT2D eigenvalue weighted by Gasteiger charge is 2.24. The Kier molecular flexibility index (Phi) is 6.53. The summed E-state index contributed by atoms with van der Waals surface area (Å²) >= 11 is 0. The molecule has 2 aromatic rings. The number of carbonyl (C=O) groups is 2. The van der Waals surface area contributed by atoms with Gasteiger partial charge < -0.3 is 19.9 Å². The van der Waals surface area contributed by atoms with Gasteiger partial charge in [0.05, 0.1) is 13.5 Å². The fourth-order valence-electron chi connectivity index (χ4n) is 3.25. The predicted molar refractivity (Wildman–Crippen MR) is 110 cm³/mol. The Morgan fingerprint density at radius 1 is 0.964 bits per heavy atom. The number of ether oxygens (including phenoxy) is 1. The number of rotatable bonds is 5. The van der Waals surface area contributed by atoms with E-state index in [9.17, 15) is 9.59 Å². The summed E-state index contributed by atoms with van der Waals surface area (Å²) in [5.74, 6) is 0.822. The van der Waals surface area contributed by atoms with Crippen LogP contribution in [0.2, 0.25) is 0 Å². The van der Waals surface area contributed by atoms with Gasteiger partial charge in [0.25, 0.3) is 0 Å². The Morgan fingerprint density at radius 2 is 1.64 bits per heavy atom. The first-order valence-electron chi connectivity index (χ1n) is 9.64. The summed E-state index contributed by atoms with van der Waals surface area (Å²) in [6.45, 7) is 4.25. The van der Waals surface area contributed by atoms with Gasteiger partial charge in [-0.2, -0.15) is 0 Å². The summed E-state index contributed by atoms with van der Waals surface area (Å²) in [7, 11) is 1.61. The van der Waals surface area contributed by atoms with Crippen molar-refractivity contribution in [2.24, 2.45) is 0 Å². The van der Waals surface area contributed by atoms with Gasteiger partial charge >= 0.3 is 6.03 Å². The lowest BCUT2D eigenvalue weighted by Crippen LogP contribution is -2.52. The van der Waals surface area contributed by atoms with Crippen LogP contribution in [0.3, 0.4) is 0 Å². The van der Waals surface area contributed by atoms with Crippen LogP contribution in [0.4, 0.5) is 10.5 Å². The maximum absolute atomic E-state index is 12.6. The van der Waals surface area contributed by atoms with Crippen molar-refractivity contribution in [3.05, 3.63) is 59.7 Å². The van der Waals surface area contributed by atoms with Crippen LogP contribution >= 0.6 is 0 Å². The van der Waals surface area contributed by atoms with E-state index in [0.717, 1.165) is 23.4 Å². The molecule has 3 amide bonds. The first-order valence-corrected chi connectivity index (χ1v) is 9.64. The second-order valence-electron chi connectivity index (χ2n) is 6.88. The Morgan fingerprint density at radius 3 is 2.29 bits per heavy atom. The van der Waals surface area contributed by atoms with E-state index >= 15 is 0 Å². The number of benzene rings is 2. The second kappa shape index (κ2) is 9.26. The quantitative estimate of drug-likeness (QED) is 0.865. The van der Waals surface area contributed by atoms with Crippen molar-refractivity contribution < 1.29 is 14.3 Å². The van der Waals surface area contributed by atoms with Gasteiger partial charge in [0.15, 0.2) is 0 Å². The monoisotopic (exact) mass is 381 g/mol. The van der Waals surface area contributed by atoms with Gasteiger partial charge in [-0.25, -0.2) is 4.79 Å². The number of hydrogen-bond donors (Lipinski definition) is 1. The van der Waals surface area contributed by atoms with Crippen molar-refractivity contribution in [2.75, 3.05) is 38.6 Å². The zero-order valence-corrected chi connectivity index (χ0v) is 16.5. The number of hydrogen-bond acceptors (Lipinski definition) is 3. The van der Waals surface area contributed by atoms with Crippen molar-refractivity contribution in [3.8, 4) is 5.75 Å². The molecule has 0 aromatic heterocycles. The first-order chi connectivity index (χ1) is 13.6. The topological polar surface area (TPSA) is 61.9 Å². The highest BCUT2D eigenvalue weighted by atomic mass is 16.5. The second-order valence-corrected chi connectivity index (χ2v) is 6.88. The Hall–Kier alpha value is -3.02. The minimum atomic E-state index is -0.121. The molecule has 1 aliphatic rings. The summed E-state index contributed by atoms with van der Waals surface area (Å²) in [5, 5.41) is 2.93. The van der Waals surface area contributed by atoms with Crippen LogP contribution in [-0.2, 0) is 17.6 Å². The molecule has 6 heteroatoms. The van der Waals surface area contributed by atoms with E-state index in [2.05, 4.69) is 12.2 Å². The summed E-state index contributed by atoms with van der Waals surface area (Å²) in [6.07, 6.45) is 1.31. The predicted octanol–water partition coefficient (Wildman–Crippen LogP) is 3.18. The lowest BCUT2D eigenvalue weighted by molar-refractivity contribution is -0.131. The molecule has 0 unspecified atom stereocenters. The normalized spacial score (nSPS) is 13.9. The molecule has 1 aliphatic heterocycles. The molecule has 2 aromatic carbocycles. The molecule has 0 aliphatic carbocycles. The van der Waals surface area contributed by atoms with E-state index < -0.39 is 0 Å². The van der Waals surface area contributed by atoms with Crippen LogP contribution in [-0.4, -0.2) is 55.0 Å². The van der Waals surface area contributed by atoms with E-state index in [-0.39, 0.29) is 11.9 Å². The summed E-state index contributed by atoms with van der Waals surface area (Å²) in [6, 6.07) is 15.3. The maximum Gasteiger partial charge on any atom is 0.321 e. The molecular formula is C22H27N3O3. The molecule has 148 valence electrons. The number of urea groups is 1. The Bertz CT molecular complexity index is 812. The number of anilines is 1. The molecule has 1 N–H and O–H groups in total. The van der Waals surface area contributed by atoms with E-state index in [1.54, 1.807) is 12.0 Å². The van der Waals surface area contributed by atoms with Gasteiger partial charge in [-0.1, -0.05) is 31.2 Å². The minimum Gasteiger partial charge on any atom is -0.497 e. The summed E-state index contributed by atoms with van der Waals surface area (Å²) in [4.78, 5) is 28.6. The highest BCUT2D eigenvalue weighted by Crippen LogP contribution is 2.15. The van der Waals surface area contributed by atoms with Crippen molar-refractivity contribution in [1.82, 2.24) is 9.80 Å². The Labute approximate surface area is 166 Å². The van der Waals surface area contributed by atoms with E-state index in [0.29, 0.717) is 32.6 Å². The van der Waals surface area contributed by atoms with E-state index in [4.69, 9.17) is 4.74 Å². The molecule has 1 heterocycles. The molecule has 0 bridgehead atoms. The third-order valence-corrected chi connectivity index (χ3v) is 5.02. The number of methoxy groups -OCH3 is 1. The fourth-order valence-corrected chi connectivity index (χ4v) is 3.25. The molecule has 1 saturated heterocycles. The number of aryl methyl sites for hydroxylation is 1. The maximum atomic E-state index is 12.6. The third kappa shape index (κ3) is 5.03. The Balaban J connectivity index is 1.48. The van der Waals surface area contributed by atoms with Crippen LogP contribution in [0, 0.1) is 0 Å². The SMILES string of the molecule is CCc1ccc(NC(=O)N2CCN(C(=O)Cc3cccc(OC)c3)CC2)cc1. The number of piperazine rings is 1. The number of nitrogens with one attached hydrogen (secondary N) is 1. The van der Waals surface area contributed by atoms with E-state index in [1.807, 2.05) is 53.4 Å². The van der Waals surface area contributed by atoms with Crippen LogP contribution in [0.15, 0.2) is 48.5 Å². The smallest absolute Gasteiger partial charge is 0.321 e. The fraction of sp³-hybridized carbons (Fsp3) is 0.364. The van der Waals surface area contributed by atoms with Crippen molar-refractivity contribution in [2.45, 2.75) is 19.8 Å². The van der Waals surface area contributed by atoms with Gasteiger partial charge in [-0.3, -0.25) is 4.79 Å². The molecule has 3 rings (SSSR count). The number of amides is 3. The molecule has 0 saturated carbocycles. The highest BCUT2D eigenvalue weighted by molar-refractivity contribution is 5.89. The standard InChI is InChI=1S/C22H27N3O3/c1-3-17-7-9-19(10-8-17)23-22(27)25-13-11-24(12-14-25)21(26)16-18-5-4-6-20(15-18)28-2/h4-10,15H,3,11-14,16H2,1-2H3,(H,23,27). The third-order valence-electron chi connectivity index (χ3n) is 5.02. The largest absolute Gasteiger partial charge is 0.497 e. The molecule has 1 fully saturated rings. The van der Waals surface area contributed by atoms with Gasteiger partial charge in [0.1, 0.15) is 5.75 Å². The molecule has 0 spiro atoms. The van der Waals surface area contributed by atoms with Crippen molar-refractivity contribution in [3.63, 3.8) is 0 Å². The van der Waals surface area contributed by atoms with Crippen LogP contribution < -0.4 is 10.1 Å². The van der Waals surface area contributed by atoms with Crippen molar-refractivity contribution in [1.29, 1.82) is 0 Å². The molecule has 28 heavy (non-hydrogen) atoms. The molecular weight excluding hydrogens is 354 g/mol. The lowest BCUT2D eigenvalue weighted by atomic mass is 10.1. The molecule has 0 atom stereocenters. The van der Waals surface area contributed by atoms with Crippen LogP contribution in [0.25, 0.3) is 0 Å². The van der Waals surface area contributed by atoms with Crippen molar-refractivity contribution >= 4 is 17.6 Å². The first kappa shape index (κ1) is 19.7. The zero-order chi connectivity index (χ0) is 19.9. The average Bonchev–Trinajstić information content (AvgIpc) is 2.74. The van der Waals surface area contributed by atoms with Gasteiger partial charge in [0, 0.05) is 31.9 Å². The van der Waals surface area contributed by atoms with Gasteiger partial charge in [-0.05, 0) is 41.8 Å². The van der Waals surface area contributed by atoms with E-state index in [1.165, 1.54) is 5.56 Å². The number of carbonyl (C=O) groups excluding carboxylic acids is 2. The average molecular weight is 381 g/mol. The van der Waals surface area contributed by atoms with Gasteiger partial charge in [0.2, 0.25) is 5.91 Å². The summed E-state index contributed by atoms with van der Waals surface area (Å²) in [5.41, 5.74) is 2.96. The zero-order valence-electron chi connectivity index (χ0n) is 16.5. The minimum absolute atomic E-state index is 0.0727. The molecule has 6 nitrogen and oxygen atoms in total. The van der Waals surface area contributed by atoms with Crippen LogP contribution in [0.5, 0.6) is 5.75 Å². The summed E-state index contributed by atoms with van der Waals surface area (Å²) < 4.78 is 5.21. The molecule has 0 radical (unpaired) electrons. The lowest BCUT2D eigenvalue weighted by Gasteiger charge is -2.34.